The third-order valence-corrected chi connectivity index (χ3v) is 5.21. The Labute approximate surface area is 166 Å². The van der Waals surface area contributed by atoms with Gasteiger partial charge in [0.25, 0.3) is 0 Å². The summed E-state index contributed by atoms with van der Waals surface area (Å²) in [5.74, 6) is 0.0171. The van der Waals surface area contributed by atoms with Crippen LogP contribution in [0.4, 0.5) is 0 Å². The highest BCUT2D eigenvalue weighted by atomic mass is 32.1. The highest BCUT2D eigenvalue weighted by Gasteiger charge is 2.16. The van der Waals surface area contributed by atoms with Crippen molar-refractivity contribution < 1.29 is 4.79 Å². The minimum atomic E-state index is 0.0171. The molecule has 0 aliphatic carbocycles. The molecule has 0 fully saturated rings. The number of pyridine rings is 1. The molecule has 4 aromatic rings. The first kappa shape index (κ1) is 18.1. The fraction of sp³-hybridized carbons (Fsp3) is 0.200. The smallest absolute Gasteiger partial charge is 0.221 e. The number of amides is 1. The van der Waals surface area contributed by atoms with E-state index in [0.29, 0.717) is 26.1 Å². The fourth-order valence-corrected chi connectivity index (χ4v) is 3.76. The molecule has 1 N–H and O–H groups in total. The van der Waals surface area contributed by atoms with Gasteiger partial charge in [-0.05, 0) is 23.6 Å². The van der Waals surface area contributed by atoms with Crippen molar-refractivity contribution in [3.8, 4) is 21.8 Å². The summed E-state index contributed by atoms with van der Waals surface area (Å²) in [6.45, 7) is 1.74. The number of hydrogen-bond acceptors (Lipinski definition) is 5. The summed E-state index contributed by atoms with van der Waals surface area (Å²) in [4.78, 5) is 21.7. The normalized spacial score (nSPS) is 10.9. The maximum absolute atomic E-state index is 12.1. The summed E-state index contributed by atoms with van der Waals surface area (Å²) >= 11 is 1.67. The van der Waals surface area contributed by atoms with Crippen LogP contribution < -0.4 is 5.32 Å². The second-order valence-electron chi connectivity index (χ2n) is 6.22. The van der Waals surface area contributed by atoms with Crippen LogP contribution >= 0.6 is 11.3 Å². The first-order valence-electron chi connectivity index (χ1n) is 9.05. The molecular formula is C20H20N6OS. The summed E-state index contributed by atoms with van der Waals surface area (Å²) in [6, 6.07) is 9.96. The lowest BCUT2D eigenvalue weighted by atomic mass is 10.1. The molecule has 0 aromatic carbocycles. The molecule has 0 aliphatic heterocycles. The summed E-state index contributed by atoms with van der Waals surface area (Å²) in [5.41, 5.74) is 2.91. The van der Waals surface area contributed by atoms with E-state index in [0.717, 1.165) is 21.8 Å². The van der Waals surface area contributed by atoms with E-state index in [-0.39, 0.29) is 5.91 Å². The number of imidazole rings is 1. The third kappa shape index (κ3) is 4.17. The number of thiophene rings is 1. The number of nitrogens with zero attached hydrogens (tertiary/aromatic N) is 5. The van der Waals surface area contributed by atoms with Crippen LogP contribution in [0.5, 0.6) is 0 Å². The van der Waals surface area contributed by atoms with Crippen molar-refractivity contribution in [1.29, 1.82) is 0 Å². The molecule has 28 heavy (non-hydrogen) atoms. The number of carbonyl (C=O) groups excluding carboxylic acids is 1. The monoisotopic (exact) mass is 392 g/mol. The predicted molar refractivity (Wildman–Crippen MR) is 109 cm³/mol. The van der Waals surface area contributed by atoms with Crippen molar-refractivity contribution in [2.75, 3.05) is 6.54 Å². The van der Waals surface area contributed by atoms with E-state index in [1.807, 2.05) is 51.3 Å². The van der Waals surface area contributed by atoms with Gasteiger partial charge in [0.1, 0.15) is 0 Å². The van der Waals surface area contributed by atoms with Gasteiger partial charge < -0.3 is 9.88 Å². The molecular weight excluding hydrogens is 372 g/mol. The summed E-state index contributed by atoms with van der Waals surface area (Å²) in [6.07, 6.45) is 9.32. The van der Waals surface area contributed by atoms with Crippen LogP contribution in [-0.4, -0.2) is 36.8 Å². The molecule has 0 bridgehead atoms. The first-order valence-corrected chi connectivity index (χ1v) is 9.93. The largest absolute Gasteiger partial charge is 0.354 e. The Bertz CT molecular complexity index is 1010. The molecule has 0 saturated heterocycles. The zero-order valence-corrected chi connectivity index (χ0v) is 16.0. The van der Waals surface area contributed by atoms with Crippen LogP contribution in [0.3, 0.4) is 0 Å². The number of carbonyl (C=O) groups is 1. The first-order chi connectivity index (χ1) is 13.8. The van der Waals surface area contributed by atoms with Crippen molar-refractivity contribution >= 4 is 17.2 Å². The molecule has 142 valence electrons. The number of hydrogen-bond donors (Lipinski definition) is 1. The second kappa shape index (κ2) is 8.62. The topological polar surface area (TPSA) is 77.6 Å². The van der Waals surface area contributed by atoms with Gasteiger partial charge in [0.15, 0.2) is 0 Å². The number of aryl methyl sites for hydroxylation is 1. The molecule has 0 atom stereocenters. The van der Waals surface area contributed by atoms with Gasteiger partial charge in [0.05, 0.1) is 35.3 Å². The van der Waals surface area contributed by atoms with Gasteiger partial charge in [-0.3, -0.25) is 14.5 Å². The Hall–Kier alpha value is -3.26. The molecule has 4 aromatic heterocycles. The van der Waals surface area contributed by atoms with Crippen molar-refractivity contribution in [3.05, 3.63) is 66.8 Å². The molecule has 0 radical (unpaired) electrons. The fourth-order valence-electron chi connectivity index (χ4n) is 2.98. The second-order valence-corrected chi connectivity index (χ2v) is 7.17. The molecule has 8 heteroatoms. The zero-order valence-electron chi connectivity index (χ0n) is 15.2. The highest BCUT2D eigenvalue weighted by Crippen LogP contribution is 2.33. The Morgan fingerprint density at radius 2 is 2.11 bits per heavy atom. The van der Waals surface area contributed by atoms with E-state index in [4.69, 9.17) is 0 Å². The number of aromatic nitrogens is 5. The maximum atomic E-state index is 12.1. The molecule has 1 amide bonds. The van der Waals surface area contributed by atoms with E-state index in [1.54, 1.807) is 30.1 Å². The van der Waals surface area contributed by atoms with E-state index < -0.39 is 0 Å². The van der Waals surface area contributed by atoms with Gasteiger partial charge in [-0.2, -0.15) is 5.10 Å². The standard InChI is InChI=1S/C20H20N6OS/c27-19(6-10-25-11-8-21-15-25)23-9-12-26-20(18-5-3-13-28-18)16(14-24-26)17-4-1-2-7-22-17/h1-5,7-8,11,13-15H,6,9-10,12H2,(H,23,27). The lowest BCUT2D eigenvalue weighted by Crippen LogP contribution is -2.28. The van der Waals surface area contributed by atoms with Crippen molar-refractivity contribution in [3.63, 3.8) is 0 Å². The van der Waals surface area contributed by atoms with Crippen LogP contribution in [0.25, 0.3) is 21.8 Å². The van der Waals surface area contributed by atoms with Gasteiger partial charge in [0, 0.05) is 43.7 Å². The summed E-state index contributed by atoms with van der Waals surface area (Å²) in [7, 11) is 0. The van der Waals surface area contributed by atoms with Crippen molar-refractivity contribution in [1.82, 2.24) is 29.6 Å². The van der Waals surface area contributed by atoms with E-state index in [9.17, 15) is 4.79 Å². The average molecular weight is 392 g/mol. The van der Waals surface area contributed by atoms with Crippen LogP contribution in [-0.2, 0) is 17.9 Å². The van der Waals surface area contributed by atoms with Crippen LogP contribution in [0, 0.1) is 0 Å². The lowest BCUT2D eigenvalue weighted by Gasteiger charge is -2.10. The van der Waals surface area contributed by atoms with E-state index in [1.165, 1.54) is 0 Å². The Kier molecular flexibility index (Phi) is 5.58. The van der Waals surface area contributed by atoms with Crippen molar-refractivity contribution in [2.45, 2.75) is 19.5 Å². The van der Waals surface area contributed by atoms with Gasteiger partial charge in [-0.1, -0.05) is 12.1 Å². The minimum absolute atomic E-state index is 0.0171. The van der Waals surface area contributed by atoms with E-state index >= 15 is 0 Å². The molecule has 7 nitrogen and oxygen atoms in total. The average Bonchev–Trinajstić information content (AvgIpc) is 3.48. The summed E-state index contributed by atoms with van der Waals surface area (Å²) < 4.78 is 3.83. The Morgan fingerprint density at radius 1 is 1.14 bits per heavy atom. The van der Waals surface area contributed by atoms with Gasteiger partial charge in [-0.15, -0.1) is 11.3 Å². The van der Waals surface area contributed by atoms with Crippen molar-refractivity contribution in [2.24, 2.45) is 0 Å². The molecule has 0 unspecified atom stereocenters. The molecule has 0 saturated carbocycles. The predicted octanol–water partition coefficient (Wildman–Crippen LogP) is 3.08. The number of rotatable bonds is 8. The zero-order chi connectivity index (χ0) is 19.2. The molecule has 0 spiro atoms. The molecule has 0 aliphatic rings. The van der Waals surface area contributed by atoms with Gasteiger partial charge in [-0.25, -0.2) is 4.98 Å². The Balaban J connectivity index is 1.43. The maximum Gasteiger partial charge on any atom is 0.221 e. The summed E-state index contributed by atoms with van der Waals surface area (Å²) in [5, 5.41) is 9.57. The lowest BCUT2D eigenvalue weighted by molar-refractivity contribution is -0.121. The van der Waals surface area contributed by atoms with E-state index in [2.05, 4.69) is 26.4 Å². The Morgan fingerprint density at radius 3 is 2.86 bits per heavy atom. The highest BCUT2D eigenvalue weighted by molar-refractivity contribution is 7.13. The van der Waals surface area contributed by atoms with Gasteiger partial charge >= 0.3 is 0 Å². The molecule has 4 heterocycles. The SMILES string of the molecule is O=C(CCn1ccnc1)NCCn1ncc(-c2ccccn2)c1-c1cccs1. The minimum Gasteiger partial charge on any atom is -0.354 e. The molecule has 4 rings (SSSR count). The third-order valence-electron chi connectivity index (χ3n) is 4.34. The van der Waals surface area contributed by atoms with Crippen LogP contribution in [0.15, 0.2) is 66.8 Å². The van der Waals surface area contributed by atoms with Crippen LogP contribution in [0.1, 0.15) is 6.42 Å². The number of nitrogens with one attached hydrogen (secondary N) is 1. The van der Waals surface area contributed by atoms with Crippen LogP contribution in [0.2, 0.25) is 0 Å². The quantitative estimate of drug-likeness (QED) is 0.500. The van der Waals surface area contributed by atoms with Gasteiger partial charge in [0.2, 0.25) is 5.91 Å².